The van der Waals surface area contributed by atoms with E-state index >= 15 is 0 Å². The fourth-order valence-electron chi connectivity index (χ4n) is 1.54. The molecule has 1 aromatic carbocycles. The highest BCUT2D eigenvalue weighted by Gasteiger charge is 2.07. The summed E-state index contributed by atoms with van der Waals surface area (Å²) in [5.41, 5.74) is 7.51. The van der Waals surface area contributed by atoms with E-state index in [2.05, 4.69) is 27.5 Å². The minimum atomic E-state index is 0.537. The van der Waals surface area contributed by atoms with Gasteiger partial charge in [0.1, 0.15) is 12.0 Å². The molecule has 0 spiro atoms. The van der Waals surface area contributed by atoms with E-state index in [1.165, 1.54) is 6.33 Å². The summed E-state index contributed by atoms with van der Waals surface area (Å²) >= 11 is 0. The molecule has 94 valence electrons. The molecule has 0 aliphatic heterocycles. The highest BCUT2D eigenvalue weighted by molar-refractivity contribution is 5.77. The van der Waals surface area contributed by atoms with Crippen molar-refractivity contribution in [1.29, 1.82) is 0 Å². The Morgan fingerprint density at radius 2 is 1.83 bits per heavy atom. The molecule has 5 heteroatoms. The first-order chi connectivity index (χ1) is 8.81. The van der Waals surface area contributed by atoms with Crippen LogP contribution in [0.4, 0.5) is 23.0 Å². The van der Waals surface area contributed by atoms with Crippen LogP contribution in [0.2, 0.25) is 0 Å². The maximum Gasteiger partial charge on any atom is 0.159 e. The Bertz CT molecular complexity index is 498. The molecule has 1 heterocycles. The van der Waals surface area contributed by atoms with Gasteiger partial charge in [-0.25, -0.2) is 9.97 Å². The lowest BCUT2D eigenvalue weighted by Crippen LogP contribution is -2.08. The van der Waals surface area contributed by atoms with Crippen LogP contribution in [0.15, 0.2) is 36.7 Å². The van der Waals surface area contributed by atoms with Gasteiger partial charge >= 0.3 is 0 Å². The Labute approximate surface area is 106 Å². The lowest BCUT2D eigenvalue weighted by molar-refractivity contribution is 0.966. The van der Waals surface area contributed by atoms with Crippen LogP contribution in [0.3, 0.4) is 0 Å². The quantitative estimate of drug-likeness (QED) is 0.752. The van der Waals surface area contributed by atoms with E-state index in [9.17, 15) is 0 Å². The van der Waals surface area contributed by atoms with E-state index in [0.29, 0.717) is 17.3 Å². The average molecular weight is 243 g/mol. The summed E-state index contributed by atoms with van der Waals surface area (Å²) in [5, 5.41) is 6.35. The van der Waals surface area contributed by atoms with Crippen LogP contribution in [0.1, 0.15) is 13.3 Å². The van der Waals surface area contributed by atoms with Gasteiger partial charge < -0.3 is 16.4 Å². The fraction of sp³-hybridized carbons (Fsp3) is 0.231. The molecule has 0 saturated heterocycles. The molecule has 5 nitrogen and oxygen atoms in total. The van der Waals surface area contributed by atoms with Crippen LogP contribution >= 0.6 is 0 Å². The minimum Gasteiger partial charge on any atom is -0.393 e. The van der Waals surface area contributed by atoms with Crippen LogP contribution in [0.25, 0.3) is 0 Å². The number of nitrogens with two attached hydrogens (primary N) is 1. The van der Waals surface area contributed by atoms with Crippen molar-refractivity contribution in [1.82, 2.24) is 9.97 Å². The van der Waals surface area contributed by atoms with Crippen LogP contribution in [0, 0.1) is 0 Å². The number of aromatic nitrogens is 2. The molecule has 0 saturated carbocycles. The molecule has 18 heavy (non-hydrogen) atoms. The molecule has 0 bridgehead atoms. The molecule has 2 aromatic rings. The number of nitrogen functional groups attached to an aromatic ring is 1. The highest BCUT2D eigenvalue weighted by atomic mass is 15.1. The van der Waals surface area contributed by atoms with E-state index in [1.807, 2.05) is 30.3 Å². The number of nitrogens with one attached hydrogen (secondary N) is 2. The summed E-state index contributed by atoms with van der Waals surface area (Å²) in [7, 11) is 0. The summed E-state index contributed by atoms with van der Waals surface area (Å²) in [6.45, 7) is 2.93. The largest absolute Gasteiger partial charge is 0.393 e. The Morgan fingerprint density at radius 3 is 2.56 bits per heavy atom. The lowest BCUT2D eigenvalue weighted by atomic mass is 10.3. The van der Waals surface area contributed by atoms with E-state index in [-0.39, 0.29) is 0 Å². The van der Waals surface area contributed by atoms with Crippen LogP contribution in [0.5, 0.6) is 0 Å². The normalized spacial score (nSPS) is 10.1. The molecule has 0 radical (unpaired) electrons. The third-order valence-corrected chi connectivity index (χ3v) is 2.46. The monoisotopic (exact) mass is 243 g/mol. The van der Waals surface area contributed by atoms with Gasteiger partial charge in [0.05, 0.1) is 0 Å². The van der Waals surface area contributed by atoms with Crippen molar-refractivity contribution < 1.29 is 0 Å². The Kier molecular flexibility index (Phi) is 3.96. The number of nitrogens with zero attached hydrogens (tertiary/aromatic N) is 2. The van der Waals surface area contributed by atoms with Gasteiger partial charge in [-0.2, -0.15) is 0 Å². The maximum atomic E-state index is 6.02. The number of hydrogen-bond donors (Lipinski definition) is 3. The van der Waals surface area contributed by atoms with E-state index in [1.54, 1.807) is 0 Å². The average Bonchev–Trinajstić information content (AvgIpc) is 2.41. The second-order valence-electron chi connectivity index (χ2n) is 3.90. The number of anilines is 4. The van der Waals surface area contributed by atoms with Crippen molar-refractivity contribution in [2.24, 2.45) is 0 Å². The second kappa shape index (κ2) is 5.86. The second-order valence-corrected chi connectivity index (χ2v) is 3.90. The van der Waals surface area contributed by atoms with Crippen molar-refractivity contribution in [2.75, 3.05) is 22.9 Å². The smallest absolute Gasteiger partial charge is 0.159 e. The lowest BCUT2D eigenvalue weighted by Gasteiger charge is -2.11. The SMILES string of the molecule is CCCNc1ncnc(Nc2ccccc2)c1N. The topological polar surface area (TPSA) is 75.9 Å². The number of para-hydroxylation sites is 1. The molecule has 0 aliphatic carbocycles. The number of benzene rings is 1. The summed E-state index contributed by atoms with van der Waals surface area (Å²) in [4.78, 5) is 8.29. The molecule has 1 aromatic heterocycles. The predicted octanol–water partition coefficient (Wildman–Crippen LogP) is 2.62. The summed E-state index contributed by atoms with van der Waals surface area (Å²) in [6.07, 6.45) is 2.52. The molecule has 0 amide bonds. The fourth-order valence-corrected chi connectivity index (χ4v) is 1.54. The van der Waals surface area contributed by atoms with Gasteiger partial charge in [0.15, 0.2) is 11.6 Å². The predicted molar refractivity (Wildman–Crippen MR) is 74.9 cm³/mol. The van der Waals surface area contributed by atoms with Crippen LogP contribution in [-0.2, 0) is 0 Å². The molecular weight excluding hydrogens is 226 g/mol. The molecule has 0 unspecified atom stereocenters. The van der Waals surface area contributed by atoms with Gasteiger partial charge in [-0.3, -0.25) is 0 Å². The highest BCUT2D eigenvalue weighted by Crippen LogP contribution is 2.25. The zero-order valence-corrected chi connectivity index (χ0v) is 10.4. The van der Waals surface area contributed by atoms with Crippen molar-refractivity contribution >= 4 is 23.0 Å². The molecule has 4 N–H and O–H groups in total. The Morgan fingerprint density at radius 1 is 1.11 bits per heavy atom. The molecular formula is C13H17N5. The molecule has 0 aliphatic rings. The summed E-state index contributed by atoms with van der Waals surface area (Å²) in [5.74, 6) is 1.29. The standard InChI is InChI=1S/C13H17N5/c1-2-8-15-12-11(14)13(17-9-16-12)18-10-6-4-3-5-7-10/h3-7,9H,2,8,14H2,1H3,(H2,15,16,17,18). The van der Waals surface area contributed by atoms with Crippen molar-refractivity contribution in [3.63, 3.8) is 0 Å². The first kappa shape index (κ1) is 12.2. The first-order valence-electron chi connectivity index (χ1n) is 5.97. The van der Waals surface area contributed by atoms with Gasteiger partial charge in [0.25, 0.3) is 0 Å². The van der Waals surface area contributed by atoms with Crippen LogP contribution in [-0.4, -0.2) is 16.5 Å². The Hall–Kier alpha value is -2.30. The summed E-state index contributed by atoms with van der Waals surface area (Å²) < 4.78 is 0. The third-order valence-electron chi connectivity index (χ3n) is 2.46. The van der Waals surface area contributed by atoms with E-state index < -0.39 is 0 Å². The maximum absolute atomic E-state index is 6.02. The van der Waals surface area contributed by atoms with Gasteiger partial charge in [0, 0.05) is 12.2 Å². The minimum absolute atomic E-state index is 0.537. The zero-order valence-electron chi connectivity index (χ0n) is 10.4. The van der Waals surface area contributed by atoms with Gasteiger partial charge in [-0.15, -0.1) is 0 Å². The van der Waals surface area contributed by atoms with Crippen molar-refractivity contribution in [3.05, 3.63) is 36.7 Å². The number of hydrogen-bond acceptors (Lipinski definition) is 5. The van der Waals surface area contributed by atoms with Crippen molar-refractivity contribution in [2.45, 2.75) is 13.3 Å². The van der Waals surface area contributed by atoms with E-state index in [0.717, 1.165) is 18.7 Å². The molecule has 2 rings (SSSR count). The van der Waals surface area contributed by atoms with Gasteiger partial charge in [0.2, 0.25) is 0 Å². The zero-order chi connectivity index (χ0) is 12.8. The third kappa shape index (κ3) is 2.88. The molecule has 0 fully saturated rings. The van der Waals surface area contributed by atoms with Gasteiger partial charge in [-0.1, -0.05) is 25.1 Å². The summed E-state index contributed by atoms with van der Waals surface area (Å²) in [6, 6.07) is 9.79. The molecule has 0 atom stereocenters. The van der Waals surface area contributed by atoms with E-state index in [4.69, 9.17) is 5.73 Å². The van der Waals surface area contributed by atoms with Crippen molar-refractivity contribution in [3.8, 4) is 0 Å². The van der Waals surface area contributed by atoms with Gasteiger partial charge in [-0.05, 0) is 18.6 Å². The van der Waals surface area contributed by atoms with Crippen LogP contribution < -0.4 is 16.4 Å². The number of rotatable bonds is 5. The first-order valence-corrected chi connectivity index (χ1v) is 5.97. The Balaban J connectivity index is 2.18.